The SMILES string of the molecule is C=CCC(CO)(CC=C)N(C(CO)(CC=C)CC=C)C(CO)(CC=C)CC=C. The lowest BCUT2D eigenvalue weighted by atomic mass is 9.73. The van der Waals surface area contributed by atoms with Gasteiger partial charge in [0, 0.05) is 0 Å². The van der Waals surface area contributed by atoms with E-state index in [0.717, 1.165) is 0 Å². The zero-order chi connectivity index (χ0) is 21.7. The van der Waals surface area contributed by atoms with Crippen LogP contribution in [0.2, 0.25) is 0 Å². The van der Waals surface area contributed by atoms with Crippen LogP contribution in [0.3, 0.4) is 0 Å². The van der Waals surface area contributed by atoms with E-state index in [1.807, 2.05) is 0 Å². The van der Waals surface area contributed by atoms with Crippen molar-refractivity contribution in [2.24, 2.45) is 0 Å². The number of rotatable bonds is 18. The van der Waals surface area contributed by atoms with Crippen LogP contribution in [0.4, 0.5) is 0 Å². The molecule has 0 spiro atoms. The summed E-state index contributed by atoms with van der Waals surface area (Å²) < 4.78 is 0. The van der Waals surface area contributed by atoms with Crippen molar-refractivity contribution < 1.29 is 15.3 Å². The first kappa shape index (κ1) is 26.3. The molecule has 0 saturated carbocycles. The lowest BCUT2D eigenvalue weighted by molar-refractivity contribution is -0.150. The number of hydrogen-bond acceptors (Lipinski definition) is 4. The molecule has 158 valence electrons. The first-order chi connectivity index (χ1) is 13.4. The molecule has 0 fully saturated rings. The minimum absolute atomic E-state index is 0.197. The zero-order valence-corrected chi connectivity index (χ0v) is 17.4. The molecule has 0 radical (unpaired) electrons. The van der Waals surface area contributed by atoms with Crippen molar-refractivity contribution in [3.8, 4) is 0 Å². The van der Waals surface area contributed by atoms with Crippen molar-refractivity contribution in [3.05, 3.63) is 75.9 Å². The lowest BCUT2D eigenvalue weighted by Crippen LogP contribution is -2.72. The van der Waals surface area contributed by atoms with Gasteiger partial charge in [-0.15, -0.1) is 39.5 Å². The van der Waals surface area contributed by atoms with Gasteiger partial charge in [0.1, 0.15) is 0 Å². The van der Waals surface area contributed by atoms with E-state index in [-0.39, 0.29) is 19.8 Å². The molecular formula is C24H39NO3. The number of nitrogens with zero attached hydrogens (tertiary/aromatic N) is 1. The molecule has 3 N–H and O–H groups in total. The molecule has 0 amide bonds. The van der Waals surface area contributed by atoms with Gasteiger partial charge in [0.2, 0.25) is 0 Å². The Morgan fingerprint density at radius 1 is 0.464 bits per heavy atom. The van der Waals surface area contributed by atoms with Crippen LogP contribution in [0.1, 0.15) is 38.5 Å². The monoisotopic (exact) mass is 389 g/mol. The molecule has 0 aliphatic rings. The van der Waals surface area contributed by atoms with Gasteiger partial charge in [-0.2, -0.15) is 0 Å². The molecule has 28 heavy (non-hydrogen) atoms. The smallest absolute Gasteiger partial charge is 0.0622 e. The van der Waals surface area contributed by atoms with Crippen LogP contribution >= 0.6 is 0 Å². The predicted octanol–water partition coefficient (Wildman–Crippen LogP) is 3.94. The molecule has 0 atom stereocenters. The summed E-state index contributed by atoms with van der Waals surface area (Å²) >= 11 is 0. The molecule has 0 aromatic rings. The quantitative estimate of drug-likeness (QED) is 0.311. The van der Waals surface area contributed by atoms with Gasteiger partial charge in [-0.05, 0) is 38.5 Å². The number of hydrogen-bond donors (Lipinski definition) is 3. The highest BCUT2D eigenvalue weighted by Gasteiger charge is 2.54. The van der Waals surface area contributed by atoms with E-state index in [1.54, 1.807) is 36.5 Å². The molecule has 0 bridgehead atoms. The maximum Gasteiger partial charge on any atom is 0.0622 e. The van der Waals surface area contributed by atoms with E-state index in [1.165, 1.54) is 0 Å². The summed E-state index contributed by atoms with van der Waals surface area (Å²) in [4.78, 5) is 2.07. The van der Waals surface area contributed by atoms with Crippen LogP contribution in [-0.4, -0.2) is 56.7 Å². The Hall–Kier alpha value is -1.72. The normalized spacial score (nSPS) is 12.4. The van der Waals surface area contributed by atoms with Crippen LogP contribution in [0.25, 0.3) is 0 Å². The van der Waals surface area contributed by atoms with Gasteiger partial charge in [0.25, 0.3) is 0 Å². The van der Waals surface area contributed by atoms with Crippen molar-refractivity contribution in [2.75, 3.05) is 19.8 Å². The van der Waals surface area contributed by atoms with E-state index in [0.29, 0.717) is 38.5 Å². The number of aliphatic hydroxyl groups is 3. The van der Waals surface area contributed by atoms with Crippen LogP contribution in [0.15, 0.2) is 75.9 Å². The molecule has 0 aliphatic heterocycles. The van der Waals surface area contributed by atoms with Crippen LogP contribution in [-0.2, 0) is 0 Å². The van der Waals surface area contributed by atoms with Crippen LogP contribution in [0.5, 0.6) is 0 Å². The third-order valence-corrected chi connectivity index (χ3v) is 5.45. The Morgan fingerprint density at radius 2 is 0.643 bits per heavy atom. The van der Waals surface area contributed by atoms with Crippen molar-refractivity contribution in [2.45, 2.75) is 55.1 Å². The predicted molar refractivity (Wildman–Crippen MR) is 120 cm³/mol. The molecule has 0 aliphatic carbocycles. The van der Waals surface area contributed by atoms with Gasteiger partial charge in [-0.25, -0.2) is 0 Å². The summed E-state index contributed by atoms with van der Waals surface area (Å²) in [5.74, 6) is 0. The van der Waals surface area contributed by atoms with Gasteiger partial charge in [0.15, 0.2) is 0 Å². The fraction of sp³-hybridized carbons (Fsp3) is 0.500. The van der Waals surface area contributed by atoms with E-state index in [9.17, 15) is 15.3 Å². The second kappa shape index (κ2) is 12.7. The van der Waals surface area contributed by atoms with E-state index >= 15 is 0 Å². The van der Waals surface area contributed by atoms with E-state index in [4.69, 9.17) is 0 Å². The van der Waals surface area contributed by atoms with Crippen molar-refractivity contribution >= 4 is 0 Å². The van der Waals surface area contributed by atoms with Gasteiger partial charge < -0.3 is 15.3 Å². The second-order valence-electron chi connectivity index (χ2n) is 7.44. The Morgan fingerprint density at radius 3 is 0.750 bits per heavy atom. The highest BCUT2D eigenvalue weighted by Crippen LogP contribution is 2.45. The molecule has 0 rings (SSSR count). The van der Waals surface area contributed by atoms with E-state index in [2.05, 4.69) is 44.4 Å². The second-order valence-corrected chi connectivity index (χ2v) is 7.44. The minimum Gasteiger partial charge on any atom is -0.394 e. The maximum atomic E-state index is 10.6. The van der Waals surface area contributed by atoms with Crippen molar-refractivity contribution in [1.82, 2.24) is 4.90 Å². The fourth-order valence-corrected chi connectivity index (χ4v) is 4.52. The molecular weight excluding hydrogens is 350 g/mol. The Bertz CT molecular complexity index is 432. The molecule has 4 nitrogen and oxygen atoms in total. The minimum atomic E-state index is -0.826. The van der Waals surface area contributed by atoms with Gasteiger partial charge in [-0.3, -0.25) is 4.90 Å². The summed E-state index contributed by atoms with van der Waals surface area (Å²) in [6.45, 7) is 22.7. The Kier molecular flexibility index (Phi) is 11.9. The van der Waals surface area contributed by atoms with Gasteiger partial charge >= 0.3 is 0 Å². The van der Waals surface area contributed by atoms with Crippen molar-refractivity contribution in [1.29, 1.82) is 0 Å². The summed E-state index contributed by atoms with van der Waals surface area (Å²) in [6.07, 6.45) is 13.2. The number of aliphatic hydroxyl groups excluding tert-OH is 3. The van der Waals surface area contributed by atoms with Crippen molar-refractivity contribution in [3.63, 3.8) is 0 Å². The van der Waals surface area contributed by atoms with Gasteiger partial charge in [0.05, 0.1) is 36.4 Å². The first-order valence-corrected chi connectivity index (χ1v) is 9.70. The highest BCUT2D eigenvalue weighted by atomic mass is 16.3. The van der Waals surface area contributed by atoms with Gasteiger partial charge in [-0.1, -0.05) is 36.5 Å². The average Bonchev–Trinajstić information content (AvgIpc) is 2.68. The molecule has 0 aromatic heterocycles. The third kappa shape index (κ3) is 5.42. The topological polar surface area (TPSA) is 63.9 Å². The molecule has 0 heterocycles. The summed E-state index contributed by atoms with van der Waals surface area (Å²) in [5, 5.41) is 31.8. The fourth-order valence-electron chi connectivity index (χ4n) is 4.52. The third-order valence-electron chi connectivity index (χ3n) is 5.45. The summed E-state index contributed by atoms with van der Waals surface area (Å²) in [5.41, 5.74) is -2.48. The van der Waals surface area contributed by atoms with Crippen LogP contribution < -0.4 is 0 Å². The average molecular weight is 390 g/mol. The standard InChI is InChI=1S/C24H39NO3/c1-7-13-22(19-26,14-8-2)25(23(20-27,15-9-3)16-10-4)24(21-28,17-11-5)18-12-6/h7-12,26-28H,1-6,13-21H2. The molecule has 0 saturated heterocycles. The Labute approximate surface area is 171 Å². The van der Waals surface area contributed by atoms with Crippen LogP contribution in [0, 0.1) is 0 Å². The summed E-state index contributed by atoms with van der Waals surface area (Å²) in [6, 6.07) is 0. The maximum absolute atomic E-state index is 10.6. The molecule has 0 unspecified atom stereocenters. The molecule has 4 heteroatoms. The lowest BCUT2D eigenvalue weighted by Gasteiger charge is -2.61. The highest BCUT2D eigenvalue weighted by molar-refractivity contribution is 5.17. The summed E-state index contributed by atoms with van der Waals surface area (Å²) in [7, 11) is 0. The Balaban J connectivity index is 7.19. The first-order valence-electron chi connectivity index (χ1n) is 9.70. The largest absolute Gasteiger partial charge is 0.394 e. The molecule has 0 aromatic carbocycles. The van der Waals surface area contributed by atoms with E-state index < -0.39 is 16.6 Å². The zero-order valence-electron chi connectivity index (χ0n) is 17.4.